The van der Waals surface area contributed by atoms with Crippen molar-refractivity contribution in [2.45, 2.75) is 121 Å². The van der Waals surface area contributed by atoms with Crippen molar-refractivity contribution in [1.82, 2.24) is 24.5 Å². The molecule has 12 nitrogen and oxygen atoms in total. The SMILES string of the molecule is COc1ccc(-c2ccc(-c3cnn4c(N(COCC[Si](C)(C)C)COCC[Si](C)(C)C)c(Br)c(C5CC6CCC(C5)N6C(=O)OC(C)(C)C)nc34)cn2)cc1C=O. The molecule has 6 rings (SSSR count). The van der Waals surface area contributed by atoms with Crippen molar-refractivity contribution < 1.29 is 28.5 Å². The Hall–Kier alpha value is -3.64. The Kier molecular flexibility index (Phi) is 13.6. The maximum Gasteiger partial charge on any atom is 0.410 e. The quantitative estimate of drug-likeness (QED) is 0.0465. The van der Waals surface area contributed by atoms with Crippen LogP contribution >= 0.6 is 15.9 Å². The first-order valence-corrected chi connectivity index (χ1v) is 28.7. The number of nitrogens with zero attached hydrogens (tertiary/aromatic N) is 6. The van der Waals surface area contributed by atoms with E-state index in [2.05, 4.69) is 60.1 Å². The topological polar surface area (TPSA) is 121 Å². The zero-order valence-electron chi connectivity index (χ0n) is 35.9. The molecule has 0 radical (unpaired) electrons. The standard InChI is InChI=1S/C43H61BrN6O6Si2/c1-43(2,3)56-42(52)49-33-13-14-34(49)23-31(22-33)39-38(44)41(48(27-54-17-19-57(5,6)7)28-55-18-20-58(8,9)10)50-40(47-39)35(25-46-50)30-11-15-36(45-24-30)29-12-16-37(53-4)32(21-29)26-51/h11-12,15-16,21,24-26,31,33-34H,13-14,17-20,22-23,27-28H2,1-10H3. The maximum atomic E-state index is 13.4. The summed E-state index contributed by atoms with van der Waals surface area (Å²) in [4.78, 5) is 39.5. The third kappa shape index (κ3) is 10.6. The van der Waals surface area contributed by atoms with Crippen LogP contribution in [-0.4, -0.2) is 104 Å². The lowest BCUT2D eigenvalue weighted by molar-refractivity contribution is 0.00565. The molecule has 2 saturated heterocycles. The number of methoxy groups -OCH3 is 1. The van der Waals surface area contributed by atoms with Gasteiger partial charge in [-0.2, -0.15) is 9.61 Å². The Bertz CT molecular complexity index is 2040. The van der Waals surface area contributed by atoms with E-state index in [1.54, 1.807) is 19.2 Å². The molecule has 2 fully saturated rings. The van der Waals surface area contributed by atoms with Gasteiger partial charge in [0.15, 0.2) is 17.8 Å². The van der Waals surface area contributed by atoms with E-state index in [-0.39, 0.29) is 24.1 Å². The highest BCUT2D eigenvalue weighted by Gasteiger charge is 2.46. The third-order valence-electron chi connectivity index (χ3n) is 10.8. The van der Waals surface area contributed by atoms with Crippen molar-refractivity contribution in [3.05, 3.63) is 58.5 Å². The number of pyridine rings is 1. The van der Waals surface area contributed by atoms with E-state index in [1.165, 1.54) is 0 Å². The molecule has 2 unspecified atom stereocenters. The third-order valence-corrected chi connectivity index (χ3v) is 15.0. The van der Waals surface area contributed by atoms with Crippen LogP contribution in [0.3, 0.4) is 0 Å². The summed E-state index contributed by atoms with van der Waals surface area (Å²) in [7, 11) is -1.09. The predicted molar refractivity (Wildman–Crippen MR) is 239 cm³/mol. The van der Waals surface area contributed by atoms with Crippen molar-refractivity contribution in [2.75, 3.05) is 38.7 Å². The average molecular weight is 894 g/mol. The van der Waals surface area contributed by atoms with Crippen molar-refractivity contribution in [3.63, 3.8) is 0 Å². The molecule has 1 amide bonds. The Balaban J connectivity index is 1.40. The highest BCUT2D eigenvalue weighted by molar-refractivity contribution is 9.10. The number of anilines is 1. The van der Waals surface area contributed by atoms with Gasteiger partial charge < -0.3 is 28.7 Å². The molecule has 0 spiro atoms. The zero-order chi connectivity index (χ0) is 42.0. The number of ether oxygens (including phenoxy) is 4. The molecule has 0 saturated carbocycles. The van der Waals surface area contributed by atoms with Crippen LogP contribution in [0.25, 0.3) is 28.0 Å². The molecular weight excluding hydrogens is 833 g/mol. The minimum Gasteiger partial charge on any atom is -0.496 e. The summed E-state index contributed by atoms with van der Waals surface area (Å²) in [5.41, 5.74) is 4.78. The van der Waals surface area contributed by atoms with Crippen LogP contribution in [0.2, 0.25) is 51.4 Å². The molecule has 2 aliphatic heterocycles. The zero-order valence-corrected chi connectivity index (χ0v) is 39.5. The van der Waals surface area contributed by atoms with Crippen LogP contribution in [0.4, 0.5) is 10.6 Å². The fourth-order valence-corrected chi connectivity index (χ4v) is 10.1. The number of hydrogen-bond donors (Lipinski definition) is 0. The molecule has 314 valence electrons. The second-order valence-corrected chi connectivity index (χ2v) is 31.1. The van der Waals surface area contributed by atoms with Crippen LogP contribution in [0, 0.1) is 0 Å². The van der Waals surface area contributed by atoms with Crippen LogP contribution in [0.15, 0.2) is 47.2 Å². The van der Waals surface area contributed by atoms with E-state index in [0.29, 0.717) is 43.6 Å². The van der Waals surface area contributed by atoms with Crippen molar-refractivity contribution in [3.8, 4) is 28.1 Å². The van der Waals surface area contributed by atoms with Crippen LogP contribution in [0.5, 0.6) is 5.75 Å². The van der Waals surface area contributed by atoms with Crippen LogP contribution in [0.1, 0.15) is 68.4 Å². The minimum absolute atomic E-state index is 0.0664. The normalized spacial score (nSPS) is 18.5. The Morgan fingerprint density at radius 1 is 0.931 bits per heavy atom. The summed E-state index contributed by atoms with van der Waals surface area (Å²) in [6.45, 7) is 21.9. The van der Waals surface area contributed by atoms with Crippen molar-refractivity contribution in [2.24, 2.45) is 0 Å². The second-order valence-electron chi connectivity index (χ2n) is 19.1. The Labute approximate surface area is 354 Å². The van der Waals surface area contributed by atoms with Crippen LogP contribution < -0.4 is 9.64 Å². The highest BCUT2D eigenvalue weighted by Crippen LogP contribution is 2.47. The molecule has 3 aromatic heterocycles. The van der Waals surface area contributed by atoms with Crippen LogP contribution in [-0.2, 0) is 14.2 Å². The molecule has 5 heterocycles. The van der Waals surface area contributed by atoms with E-state index in [1.807, 2.05) is 60.8 Å². The lowest BCUT2D eigenvalue weighted by Crippen LogP contribution is -2.48. The Morgan fingerprint density at radius 2 is 1.55 bits per heavy atom. The van der Waals surface area contributed by atoms with Gasteiger partial charge in [0.05, 0.1) is 34.7 Å². The number of aldehydes is 1. The number of carbonyl (C=O) groups is 2. The lowest BCUT2D eigenvalue weighted by atomic mass is 9.88. The summed E-state index contributed by atoms with van der Waals surface area (Å²) in [6, 6.07) is 11.7. The maximum absolute atomic E-state index is 13.4. The van der Waals surface area contributed by atoms with Gasteiger partial charge in [-0.3, -0.25) is 9.78 Å². The number of fused-ring (bicyclic) bond motifs is 3. The number of carbonyl (C=O) groups excluding carboxylic acids is 2. The van der Waals surface area contributed by atoms with Gasteiger partial charge in [0.1, 0.15) is 24.8 Å². The summed E-state index contributed by atoms with van der Waals surface area (Å²) in [5, 5.41) is 4.97. The van der Waals surface area contributed by atoms with Gasteiger partial charge in [-0.25, -0.2) is 9.78 Å². The minimum atomic E-state index is -1.32. The molecule has 2 aliphatic rings. The summed E-state index contributed by atoms with van der Waals surface area (Å²) in [6.07, 6.45) is 7.67. The molecule has 2 atom stereocenters. The fourth-order valence-electron chi connectivity index (χ4n) is 7.71. The molecule has 0 N–H and O–H groups in total. The van der Waals surface area contributed by atoms with E-state index < -0.39 is 21.7 Å². The van der Waals surface area contributed by atoms with Gasteiger partial charge in [-0.15, -0.1) is 0 Å². The number of halogens is 1. The molecule has 15 heteroatoms. The van der Waals surface area contributed by atoms with Gasteiger partial charge >= 0.3 is 6.09 Å². The summed E-state index contributed by atoms with van der Waals surface area (Å²) < 4.78 is 26.8. The van der Waals surface area contributed by atoms with E-state index in [4.69, 9.17) is 34.0 Å². The monoisotopic (exact) mass is 892 g/mol. The van der Waals surface area contributed by atoms with E-state index >= 15 is 0 Å². The molecule has 0 aliphatic carbocycles. The predicted octanol–water partition coefficient (Wildman–Crippen LogP) is 10.1. The molecule has 1 aromatic carbocycles. The first-order valence-electron chi connectivity index (χ1n) is 20.4. The Morgan fingerprint density at radius 3 is 2.09 bits per heavy atom. The number of aromatic nitrogens is 4. The van der Waals surface area contributed by atoms with Gasteiger partial charge in [0.25, 0.3) is 0 Å². The van der Waals surface area contributed by atoms with E-state index in [0.717, 1.165) is 82.4 Å². The summed E-state index contributed by atoms with van der Waals surface area (Å²) >= 11 is 4.07. The van der Waals surface area contributed by atoms with Gasteiger partial charge in [0, 0.05) is 70.3 Å². The number of rotatable bonds is 16. The van der Waals surface area contributed by atoms with Crippen molar-refractivity contribution >= 4 is 55.9 Å². The van der Waals surface area contributed by atoms with Gasteiger partial charge in [0.2, 0.25) is 0 Å². The average Bonchev–Trinajstić information content (AvgIpc) is 3.69. The first kappa shape index (κ1) is 43.9. The number of amides is 1. The molecule has 4 aromatic rings. The number of hydrogen-bond acceptors (Lipinski definition) is 10. The lowest BCUT2D eigenvalue weighted by Gasteiger charge is -2.39. The molecule has 2 bridgehead atoms. The largest absolute Gasteiger partial charge is 0.496 e. The fraction of sp³-hybridized carbons (Fsp3) is 0.558. The van der Waals surface area contributed by atoms with Crippen molar-refractivity contribution in [1.29, 1.82) is 0 Å². The highest BCUT2D eigenvalue weighted by atomic mass is 79.9. The number of benzene rings is 1. The molecule has 58 heavy (non-hydrogen) atoms. The molecular formula is C43H61BrN6O6Si2. The summed E-state index contributed by atoms with van der Waals surface area (Å²) in [5.74, 6) is 1.42. The number of piperidine rings is 1. The second kappa shape index (κ2) is 17.9. The van der Waals surface area contributed by atoms with Gasteiger partial charge in [-0.1, -0.05) is 45.3 Å². The first-order chi connectivity index (χ1) is 27.4. The van der Waals surface area contributed by atoms with Gasteiger partial charge in [-0.05, 0) is 98.7 Å². The van der Waals surface area contributed by atoms with E-state index in [9.17, 15) is 9.59 Å². The smallest absolute Gasteiger partial charge is 0.410 e.